The van der Waals surface area contributed by atoms with Gasteiger partial charge in [0.05, 0.1) is 11.2 Å². The van der Waals surface area contributed by atoms with E-state index in [9.17, 15) is 0 Å². The minimum Gasteiger partial charge on any atom is -0.360 e. The first kappa shape index (κ1) is 7.76. The first-order valence-corrected chi connectivity index (χ1v) is 4.42. The van der Waals surface area contributed by atoms with E-state index in [2.05, 4.69) is 25.9 Å². The molecule has 2 heterocycles. The van der Waals surface area contributed by atoms with Crippen molar-refractivity contribution in [2.24, 2.45) is 5.73 Å². The van der Waals surface area contributed by atoms with Crippen molar-refractivity contribution in [3.63, 3.8) is 0 Å². The maximum Gasteiger partial charge on any atom is 0.0780 e. The van der Waals surface area contributed by atoms with E-state index in [1.165, 1.54) is 0 Å². The van der Waals surface area contributed by atoms with Crippen LogP contribution >= 0.6 is 15.9 Å². The van der Waals surface area contributed by atoms with Gasteiger partial charge in [-0.1, -0.05) is 0 Å². The zero-order valence-corrected chi connectivity index (χ0v) is 7.93. The quantitative estimate of drug-likeness (QED) is 0.778. The third-order valence-corrected chi connectivity index (χ3v) is 2.45. The molecule has 0 saturated heterocycles. The van der Waals surface area contributed by atoms with E-state index in [4.69, 9.17) is 5.73 Å². The standard InChI is InChI=1S/C8H8BrN3/c9-6-4-12-7(3-10)8-5(6)1-2-11-8/h1-2,4,11H,3,10H2. The molecule has 0 aromatic carbocycles. The fourth-order valence-electron chi connectivity index (χ4n) is 1.23. The summed E-state index contributed by atoms with van der Waals surface area (Å²) in [7, 11) is 0. The Hall–Kier alpha value is -0.870. The van der Waals surface area contributed by atoms with E-state index in [0.717, 1.165) is 21.1 Å². The summed E-state index contributed by atoms with van der Waals surface area (Å²) in [6.45, 7) is 0.463. The summed E-state index contributed by atoms with van der Waals surface area (Å²) >= 11 is 3.42. The molecule has 0 saturated carbocycles. The molecule has 0 spiro atoms. The third-order valence-electron chi connectivity index (χ3n) is 1.82. The van der Waals surface area contributed by atoms with Crippen LogP contribution < -0.4 is 5.73 Å². The second-order valence-electron chi connectivity index (χ2n) is 2.52. The van der Waals surface area contributed by atoms with E-state index < -0.39 is 0 Å². The van der Waals surface area contributed by atoms with Crippen LogP contribution in [0, 0.1) is 0 Å². The van der Waals surface area contributed by atoms with Crippen LogP contribution in [-0.2, 0) is 6.54 Å². The number of nitrogens with one attached hydrogen (secondary N) is 1. The molecule has 0 atom stereocenters. The molecule has 0 aliphatic heterocycles. The van der Waals surface area contributed by atoms with Crippen LogP contribution in [0.15, 0.2) is 22.9 Å². The highest BCUT2D eigenvalue weighted by Gasteiger charge is 2.04. The van der Waals surface area contributed by atoms with Gasteiger partial charge in [-0.15, -0.1) is 0 Å². The van der Waals surface area contributed by atoms with Gasteiger partial charge in [0, 0.05) is 28.8 Å². The molecule has 62 valence electrons. The number of hydrogen-bond donors (Lipinski definition) is 2. The van der Waals surface area contributed by atoms with Crippen LogP contribution in [0.3, 0.4) is 0 Å². The van der Waals surface area contributed by atoms with Crippen molar-refractivity contribution in [1.29, 1.82) is 0 Å². The van der Waals surface area contributed by atoms with Crippen LogP contribution in [0.25, 0.3) is 10.9 Å². The summed E-state index contributed by atoms with van der Waals surface area (Å²) in [5.74, 6) is 0. The Morgan fingerprint density at radius 2 is 2.42 bits per heavy atom. The van der Waals surface area contributed by atoms with E-state index >= 15 is 0 Å². The molecule has 0 fully saturated rings. The number of pyridine rings is 1. The third kappa shape index (κ3) is 1.04. The number of rotatable bonds is 1. The summed E-state index contributed by atoms with van der Waals surface area (Å²) in [4.78, 5) is 7.30. The Balaban J connectivity index is 2.82. The van der Waals surface area contributed by atoms with E-state index in [1.807, 2.05) is 12.3 Å². The molecular weight excluding hydrogens is 218 g/mol. The molecule has 3 N–H and O–H groups in total. The largest absolute Gasteiger partial charge is 0.360 e. The molecular formula is C8H8BrN3. The second-order valence-corrected chi connectivity index (χ2v) is 3.38. The highest BCUT2D eigenvalue weighted by Crippen LogP contribution is 2.23. The fraction of sp³-hybridized carbons (Fsp3) is 0.125. The fourth-order valence-corrected chi connectivity index (χ4v) is 1.66. The van der Waals surface area contributed by atoms with Gasteiger partial charge in [0.2, 0.25) is 0 Å². The van der Waals surface area contributed by atoms with Crippen molar-refractivity contribution in [3.05, 3.63) is 28.6 Å². The van der Waals surface area contributed by atoms with Gasteiger partial charge in [0.1, 0.15) is 0 Å². The van der Waals surface area contributed by atoms with Gasteiger partial charge < -0.3 is 10.7 Å². The van der Waals surface area contributed by atoms with Gasteiger partial charge in [-0.2, -0.15) is 0 Å². The number of hydrogen-bond acceptors (Lipinski definition) is 2. The van der Waals surface area contributed by atoms with Crippen molar-refractivity contribution in [3.8, 4) is 0 Å². The molecule has 2 aromatic heterocycles. The maximum absolute atomic E-state index is 5.53. The topological polar surface area (TPSA) is 54.7 Å². The van der Waals surface area contributed by atoms with Crippen LogP contribution in [0.4, 0.5) is 0 Å². The molecule has 4 heteroatoms. The average molecular weight is 226 g/mol. The Kier molecular flexibility index (Phi) is 1.86. The maximum atomic E-state index is 5.53. The van der Waals surface area contributed by atoms with E-state index in [-0.39, 0.29) is 0 Å². The van der Waals surface area contributed by atoms with Crippen molar-refractivity contribution >= 4 is 26.8 Å². The molecule has 0 bridgehead atoms. The van der Waals surface area contributed by atoms with Crippen LogP contribution in [0.5, 0.6) is 0 Å². The zero-order valence-electron chi connectivity index (χ0n) is 6.34. The smallest absolute Gasteiger partial charge is 0.0780 e. The number of aromatic nitrogens is 2. The molecule has 0 aliphatic rings. The van der Waals surface area contributed by atoms with Gasteiger partial charge in [0.25, 0.3) is 0 Å². The lowest BCUT2D eigenvalue weighted by atomic mass is 10.2. The number of halogens is 1. The molecule has 0 radical (unpaired) electrons. The predicted molar refractivity (Wildman–Crippen MR) is 51.7 cm³/mol. The van der Waals surface area contributed by atoms with E-state index in [0.29, 0.717) is 6.54 Å². The Labute approximate surface area is 78.1 Å². The normalized spacial score (nSPS) is 10.8. The van der Waals surface area contributed by atoms with Gasteiger partial charge in [-0.05, 0) is 22.0 Å². The molecule has 12 heavy (non-hydrogen) atoms. The summed E-state index contributed by atoms with van der Waals surface area (Å²) in [6.07, 6.45) is 3.66. The van der Waals surface area contributed by atoms with Gasteiger partial charge in [-0.3, -0.25) is 4.98 Å². The minimum absolute atomic E-state index is 0.463. The number of nitrogens with two attached hydrogens (primary N) is 1. The molecule has 0 unspecified atom stereocenters. The first-order valence-electron chi connectivity index (χ1n) is 3.63. The molecule has 0 amide bonds. The zero-order chi connectivity index (χ0) is 8.55. The second kappa shape index (κ2) is 2.88. The molecule has 3 nitrogen and oxygen atoms in total. The van der Waals surface area contributed by atoms with Crippen molar-refractivity contribution in [1.82, 2.24) is 9.97 Å². The van der Waals surface area contributed by atoms with E-state index in [1.54, 1.807) is 6.20 Å². The van der Waals surface area contributed by atoms with Crippen LogP contribution in [0.2, 0.25) is 0 Å². The summed E-state index contributed by atoms with van der Waals surface area (Å²) in [5.41, 5.74) is 7.45. The van der Waals surface area contributed by atoms with Gasteiger partial charge in [0.15, 0.2) is 0 Å². The number of fused-ring (bicyclic) bond motifs is 1. The first-order chi connectivity index (χ1) is 5.83. The Bertz CT molecular complexity index is 408. The summed E-state index contributed by atoms with van der Waals surface area (Å²) in [5, 5.41) is 1.13. The van der Waals surface area contributed by atoms with Crippen LogP contribution in [0.1, 0.15) is 5.69 Å². The van der Waals surface area contributed by atoms with Gasteiger partial charge >= 0.3 is 0 Å². The lowest BCUT2D eigenvalue weighted by Gasteiger charge is -1.99. The highest BCUT2D eigenvalue weighted by atomic mass is 79.9. The monoisotopic (exact) mass is 225 g/mol. The summed E-state index contributed by atoms with van der Waals surface area (Å²) < 4.78 is 0.996. The number of aromatic amines is 1. The Morgan fingerprint density at radius 3 is 3.17 bits per heavy atom. The predicted octanol–water partition coefficient (Wildman–Crippen LogP) is 1.78. The minimum atomic E-state index is 0.463. The molecule has 2 aromatic rings. The molecule has 0 aliphatic carbocycles. The lowest BCUT2D eigenvalue weighted by molar-refractivity contribution is 1.00. The van der Waals surface area contributed by atoms with Crippen molar-refractivity contribution in [2.45, 2.75) is 6.54 Å². The SMILES string of the molecule is NCc1ncc(Br)c2cc[nH]c12. The Morgan fingerprint density at radius 1 is 1.58 bits per heavy atom. The van der Waals surface area contributed by atoms with Crippen molar-refractivity contribution in [2.75, 3.05) is 0 Å². The average Bonchev–Trinajstić information content (AvgIpc) is 2.54. The van der Waals surface area contributed by atoms with Gasteiger partial charge in [-0.25, -0.2) is 0 Å². The van der Waals surface area contributed by atoms with Crippen molar-refractivity contribution < 1.29 is 0 Å². The lowest BCUT2D eigenvalue weighted by Crippen LogP contribution is -2.00. The molecule has 2 rings (SSSR count). The number of nitrogens with zero attached hydrogens (tertiary/aromatic N) is 1. The summed E-state index contributed by atoms with van der Waals surface area (Å²) in [6, 6.07) is 2.00. The highest BCUT2D eigenvalue weighted by molar-refractivity contribution is 9.10. The van der Waals surface area contributed by atoms with Crippen LogP contribution in [-0.4, -0.2) is 9.97 Å². The number of H-pyrrole nitrogens is 1.